The number of hydrogen-bond acceptors (Lipinski definition) is 2. The first-order chi connectivity index (χ1) is 8.73. The Morgan fingerprint density at radius 1 is 1.16 bits per heavy atom. The van der Waals surface area contributed by atoms with Gasteiger partial charge < -0.3 is 9.13 Å². The zero-order valence-corrected chi connectivity index (χ0v) is 13.8. The highest BCUT2D eigenvalue weighted by Gasteiger charge is 2.21. The zero-order chi connectivity index (χ0) is 14.4. The van der Waals surface area contributed by atoms with Crippen molar-refractivity contribution < 1.29 is 4.57 Å². The molecule has 0 N–H and O–H groups in total. The molecule has 102 valence electrons. The molecular formula is C15H20NOPS. The zero-order valence-electron chi connectivity index (χ0n) is 12.1. The Kier molecular flexibility index (Phi) is 3.72. The van der Waals surface area contributed by atoms with Crippen LogP contribution in [0, 0.1) is 4.64 Å². The molecule has 2 nitrogen and oxygen atoms in total. The van der Waals surface area contributed by atoms with E-state index in [-0.39, 0.29) is 0 Å². The van der Waals surface area contributed by atoms with Crippen LogP contribution in [0.5, 0.6) is 0 Å². The summed E-state index contributed by atoms with van der Waals surface area (Å²) in [6.07, 6.45) is 0. The van der Waals surface area contributed by atoms with Crippen LogP contribution in [0.2, 0.25) is 0 Å². The van der Waals surface area contributed by atoms with E-state index in [0.717, 1.165) is 20.8 Å². The lowest BCUT2D eigenvalue weighted by molar-refractivity contribution is 0.588. The second kappa shape index (κ2) is 4.88. The SMILES string of the molecule is CC(C)c1ccc2c(ccc(=S)n2C)c1P(C)(C)=O. The Morgan fingerprint density at radius 3 is 2.32 bits per heavy atom. The van der Waals surface area contributed by atoms with E-state index in [0.29, 0.717) is 5.92 Å². The molecule has 0 radical (unpaired) electrons. The number of aromatic nitrogens is 1. The van der Waals surface area contributed by atoms with Crippen LogP contribution in [0.25, 0.3) is 10.9 Å². The van der Waals surface area contributed by atoms with Crippen LogP contribution in [0.1, 0.15) is 25.3 Å². The van der Waals surface area contributed by atoms with E-state index >= 15 is 0 Å². The number of rotatable bonds is 2. The van der Waals surface area contributed by atoms with Crippen molar-refractivity contribution in [3.8, 4) is 0 Å². The van der Waals surface area contributed by atoms with Gasteiger partial charge in [0.15, 0.2) is 0 Å². The summed E-state index contributed by atoms with van der Waals surface area (Å²) < 4.78 is 15.5. The van der Waals surface area contributed by atoms with Gasteiger partial charge in [-0.1, -0.05) is 32.1 Å². The highest BCUT2D eigenvalue weighted by Crippen LogP contribution is 2.40. The summed E-state index contributed by atoms with van der Waals surface area (Å²) in [6.45, 7) is 7.97. The molecule has 0 aliphatic rings. The second-order valence-electron chi connectivity index (χ2n) is 5.67. The number of aryl methyl sites for hydroxylation is 1. The largest absolute Gasteiger partial charge is 0.335 e. The summed E-state index contributed by atoms with van der Waals surface area (Å²) in [7, 11) is -0.379. The molecule has 4 heteroatoms. The molecule has 1 aromatic carbocycles. The number of benzene rings is 1. The Hall–Kier alpha value is -0.920. The molecule has 2 rings (SSSR count). The fraction of sp³-hybridized carbons (Fsp3) is 0.400. The minimum atomic E-state index is -2.34. The summed E-state index contributed by atoms with van der Waals surface area (Å²) in [5.41, 5.74) is 2.23. The van der Waals surface area contributed by atoms with E-state index in [1.54, 1.807) is 0 Å². The van der Waals surface area contributed by atoms with Crippen LogP contribution in [-0.4, -0.2) is 17.9 Å². The van der Waals surface area contributed by atoms with E-state index in [1.165, 1.54) is 5.56 Å². The smallest absolute Gasteiger partial charge is 0.110 e. The van der Waals surface area contributed by atoms with Crippen molar-refractivity contribution >= 4 is 35.6 Å². The van der Waals surface area contributed by atoms with Crippen LogP contribution in [0.3, 0.4) is 0 Å². The molecule has 0 bridgehead atoms. The number of pyridine rings is 1. The molecule has 0 amide bonds. The van der Waals surface area contributed by atoms with Gasteiger partial charge in [0.2, 0.25) is 0 Å². The van der Waals surface area contributed by atoms with Gasteiger partial charge >= 0.3 is 0 Å². The number of hydrogen-bond donors (Lipinski definition) is 0. The van der Waals surface area contributed by atoms with Crippen molar-refractivity contribution in [1.29, 1.82) is 0 Å². The maximum atomic E-state index is 12.7. The summed E-state index contributed by atoms with van der Waals surface area (Å²) in [5.74, 6) is 0.362. The van der Waals surface area contributed by atoms with Crippen LogP contribution in [0.4, 0.5) is 0 Å². The molecule has 1 heterocycles. The number of fused-ring (bicyclic) bond motifs is 1. The van der Waals surface area contributed by atoms with Crippen molar-refractivity contribution in [2.24, 2.45) is 7.05 Å². The fourth-order valence-electron chi connectivity index (χ4n) is 2.52. The summed E-state index contributed by atoms with van der Waals surface area (Å²) in [4.78, 5) is 0. The first-order valence-electron chi connectivity index (χ1n) is 6.41. The van der Waals surface area contributed by atoms with Crippen LogP contribution in [-0.2, 0) is 11.6 Å². The van der Waals surface area contributed by atoms with Crippen molar-refractivity contribution in [1.82, 2.24) is 4.57 Å². The van der Waals surface area contributed by atoms with E-state index in [4.69, 9.17) is 12.2 Å². The molecule has 0 atom stereocenters. The molecule has 0 saturated carbocycles. The van der Waals surface area contributed by atoms with E-state index in [9.17, 15) is 4.57 Å². The van der Waals surface area contributed by atoms with Gasteiger partial charge in [-0.05, 0) is 43.0 Å². The Bertz CT molecular complexity index is 740. The topological polar surface area (TPSA) is 22.0 Å². The highest BCUT2D eigenvalue weighted by molar-refractivity contribution is 7.71. The van der Waals surface area contributed by atoms with E-state index in [1.807, 2.05) is 37.1 Å². The van der Waals surface area contributed by atoms with Crippen LogP contribution in [0.15, 0.2) is 24.3 Å². The second-order valence-corrected chi connectivity index (χ2v) is 9.24. The standard InChI is InChI=1S/C15H20NOPS/c1-10(2)11-6-8-13-12(15(11)18(4,5)17)7-9-14(19)16(13)3/h6-10H,1-5H3. The summed E-state index contributed by atoms with van der Waals surface area (Å²) >= 11 is 5.30. The van der Waals surface area contributed by atoms with Gasteiger partial charge in [0.25, 0.3) is 0 Å². The van der Waals surface area contributed by atoms with Gasteiger partial charge in [-0.3, -0.25) is 0 Å². The fourth-order valence-corrected chi connectivity index (χ4v) is 4.41. The first-order valence-corrected chi connectivity index (χ1v) is 9.42. The van der Waals surface area contributed by atoms with Crippen LogP contribution < -0.4 is 5.30 Å². The lowest BCUT2D eigenvalue weighted by Crippen LogP contribution is -2.14. The third-order valence-electron chi connectivity index (χ3n) is 3.47. The van der Waals surface area contributed by atoms with E-state index < -0.39 is 7.14 Å². The third-order valence-corrected chi connectivity index (χ3v) is 5.46. The van der Waals surface area contributed by atoms with Gasteiger partial charge in [-0.15, -0.1) is 0 Å². The Balaban J connectivity index is 3.01. The molecule has 0 aliphatic heterocycles. The quantitative estimate of drug-likeness (QED) is 0.609. The average Bonchev–Trinajstić information content (AvgIpc) is 2.31. The predicted octanol–water partition coefficient (Wildman–Crippen LogP) is 4.28. The molecule has 0 unspecified atom stereocenters. The maximum Gasteiger partial charge on any atom is 0.110 e. The molecule has 0 spiro atoms. The van der Waals surface area contributed by atoms with E-state index in [2.05, 4.69) is 26.0 Å². The Labute approximate surface area is 119 Å². The molecule has 19 heavy (non-hydrogen) atoms. The summed E-state index contributed by atoms with van der Waals surface area (Å²) in [6, 6.07) is 8.11. The van der Waals surface area contributed by atoms with Gasteiger partial charge in [0.05, 0.1) is 0 Å². The first kappa shape index (κ1) is 14.5. The molecule has 0 fully saturated rings. The average molecular weight is 293 g/mol. The van der Waals surface area contributed by atoms with Crippen molar-refractivity contribution in [2.45, 2.75) is 19.8 Å². The van der Waals surface area contributed by atoms with Crippen molar-refractivity contribution in [2.75, 3.05) is 13.3 Å². The highest BCUT2D eigenvalue weighted by atomic mass is 32.1. The molecule has 1 aromatic heterocycles. The van der Waals surface area contributed by atoms with Gasteiger partial charge in [0, 0.05) is 23.3 Å². The normalized spacial score (nSPS) is 12.3. The van der Waals surface area contributed by atoms with Gasteiger partial charge in [0.1, 0.15) is 11.8 Å². The Morgan fingerprint density at radius 2 is 1.79 bits per heavy atom. The molecule has 0 aliphatic carbocycles. The minimum Gasteiger partial charge on any atom is -0.335 e. The van der Waals surface area contributed by atoms with Gasteiger partial charge in [-0.2, -0.15) is 0 Å². The predicted molar refractivity (Wildman–Crippen MR) is 86.9 cm³/mol. The minimum absolute atomic E-state index is 0.362. The summed E-state index contributed by atoms with van der Waals surface area (Å²) in [5, 5.41) is 2.07. The monoisotopic (exact) mass is 293 g/mol. The molecule has 2 aromatic rings. The molecular weight excluding hydrogens is 273 g/mol. The van der Waals surface area contributed by atoms with Crippen molar-refractivity contribution in [3.05, 3.63) is 34.5 Å². The number of nitrogens with zero attached hydrogens (tertiary/aromatic N) is 1. The maximum absolute atomic E-state index is 12.7. The lowest BCUT2D eigenvalue weighted by Gasteiger charge is -2.20. The lowest BCUT2D eigenvalue weighted by atomic mass is 10.0. The van der Waals surface area contributed by atoms with Crippen LogP contribution >= 0.6 is 19.4 Å². The molecule has 0 saturated heterocycles. The third kappa shape index (κ3) is 2.54. The van der Waals surface area contributed by atoms with Crippen molar-refractivity contribution in [3.63, 3.8) is 0 Å². The van der Waals surface area contributed by atoms with Gasteiger partial charge in [-0.25, -0.2) is 0 Å².